The lowest BCUT2D eigenvalue weighted by atomic mass is 9.99. The smallest absolute Gasteiger partial charge is 0.225 e. The van der Waals surface area contributed by atoms with E-state index in [4.69, 9.17) is 0 Å². The molecule has 126 valence electrons. The number of nitrogens with zero attached hydrogens (tertiary/aromatic N) is 1. The van der Waals surface area contributed by atoms with Crippen molar-refractivity contribution < 1.29 is 4.79 Å². The van der Waals surface area contributed by atoms with Crippen molar-refractivity contribution in [2.24, 2.45) is 5.92 Å². The molecule has 2 aliphatic heterocycles. The Hall–Kier alpha value is -1.39. The van der Waals surface area contributed by atoms with E-state index >= 15 is 0 Å². The van der Waals surface area contributed by atoms with Crippen molar-refractivity contribution in [3.63, 3.8) is 0 Å². The number of carbonyl (C=O) groups excluding carboxylic acids is 1. The molecule has 1 aromatic rings. The molecule has 1 aromatic carbocycles. The van der Waals surface area contributed by atoms with Crippen LogP contribution in [0.1, 0.15) is 44.6 Å². The van der Waals surface area contributed by atoms with Crippen molar-refractivity contribution in [3.05, 3.63) is 29.8 Å². The highest BCUT2D eigenvalue weighted by Gasteiger charge is 2.18. The second kappa shape index (κ2) is 7.93. The van der Waals surface area contributed by atoms with E-state index in [1.54, 1.807) is 0 Å². The molecule has 1 amide bonds. The number of rotatable bonds is 5. The largest absolute Gasteiger partial charge is 0.326 e. The third-order valence-electron chi connectivity index (χ3n) is 5.11. The Morgan fingerprint density at radius 1 is 1.22 bits per heavy atom. The summed E-state index contributed by atoms with van der Waals surface area (Å²) < 4.78 is 0. The van der Waals surface area contributed by atoms with Gasteiger partial charge in [-0.05, 0) is 68.9 Å². The predicted molar refractivity (Wildman–Crippen MR) is 94.4 cm³/mol. The molecular weight excluding hydrogens is 286 g/mol. The van der Waals surface area contributed by atoms with Gasteiger partial charge in [-0.2, -0.15) is 0 Å². The summed E-state index contributed by atoms with van der Waals surface area (Å²) in [5.41, 5.74) is 2.24. The molecule has 0 saturated carbocycles. The SMILES string of the molecule is CC1CCN(Cc2ccc(NC(=O)CC3CCCN3)cc2)CC1. The zero-order valence-electron chi connectivity index (χ0n) is 14.2. The topological polar surface area (TPSA) is 44.4 Å². The minimum Gasteiger partial charge on any atom is -0.326 e. The first-order valence-corrected chi connectivity index (χ1v) is 9.03. The Labute approximate surface area is 139 Å². The average molecular weight is 315 g/mol. The summed E-state index contributed by atoms with van der Waals surface area (Å²) in [4.78, 5) is 14.6. The highest BCUT2D eigenvalue weighted by molar-refractivity contribution is 5.91. The van der Waals surface area contributed by atoms with E-state index in [0.29, 0.717) is 12.5 Å². The van der Waals surface area contributed by atoms with Crippen LogP contribution in [0.2, 0.25) is 0 Å². The van der Waals surface area contributed by atoms with E-state index < -0.39 is 0 Å². The molecular formula is C19H29N3O. The number of hydrogen-bond acceptors (Lipinski definition) is 3. The van der Waals surface area contributed by atoms with Crippen LogP contribution in [-0.2, 0) is 11.3 Å². The molecule has 0 spiro atoms. The first-order chi connectivity index (χ1) is 11.2. The molecule has 2 N–H and O–H groups in total. The van der Waals surface area contributed by atoms with Crippen molar-refractivity contribution in [2.75, 3.05) is 25.0 Å². The van der Waals surface area contributed by atoms with Crippen LogP contribution in [0.25, 0.3) is 0 Å². The number of hydrogen-bond donors (Lipinski definition) is 2. The third kappa shape index (κ3) is 5.05. The molecule has 0 radical (unpaired) electrons. The number of nitrogens with one attached hydrogen (secondary N) is 2. The van der Waals surface area contributed by atoms with Crippen LogP contribution in [0, 0.1) is 5.92 Å². The Kier molecular flexibility index (Phi) is 5.68. The third-order valence-corrected chi connectivity index (χ3v) is 5.11. The monoisotopic (exact) mass is 315 g/mol. The molecule has 0 bridgehead atoms. The fourth-order valence-corrected chi connectivity index (χ4v) is 3.54. The molecule has 0 aliphatic carbocycles. The number of anilines is 1. The molecule has 2 heterocycles. The molecule has 3 rings (SSSR count). The van der Waals surface area contributed by atoms with Gasteiger partial charge in [0.2, 0.25) is 5.91 Å². The van der Waals surface area contributed by atoms with Gasteiger partial charge in [-0.1, -0.05) is 19.1 Å². The van der Waals surface area contributed by atoms with Crippen LogP contribution in [0.3, 0.4) is 0 Å². The molecule has 1 atom stereocenters. The Balaban J connectivity index is 1.45. The van der Waals surface area contributed by atoms with E-state index in [1.165, 1.54) is 37.9 Å². The summed E-state index contributed by atoms with van der Waals surface area (Å²) in [5, 5.41) is 6.38. The highest BCUT2D eigenvalue weighted by Crippen LogP contribution is 2.19. The van der Waals surface area contributed by atoms with Gasteiger partial charge in [0.25, 0.3) is 0 Å². The Morgan fingerprint density at radius 2 is 1.96 bits per heavy atom. The van der Waals surface area contributed by atoms with Gasteiger partial charge in [-0.15, -0.1) is 0 Å². The van der Waals surface area contributed by atoms with Gasteiger partial charge in [0.1, 0.15) is 0 Å². The summed E-state index contributed by atoms with van der Waals surface area (Å²) in [7, 11) is 0. The summed E-state index contributed by atoms with van der Waals surface area (Å²) in [5.74, 6) is 0.986. The van der Waals surface area contributed by atoms with Gasteiger partial charge in [-0.25, -0.2) is 0 Å². The number of carbonyl (C=O) groups is 1. The normalized spacial score (nSPS) is 23.1. The molecule has 4 heteroatoms. The van der Waals surface area contributed by atoms with E-state index in [2.05, 4.69) is 34.6 Å². The van der Waals surface area contributed by atoms with Crippen LogP contribution in [0.4, 0.5) is 5.69 Å². The van der Waals surface area contributed by atoms with Crippen LogP contribution in [-0.4, -0.2) is 36.5 Å². The van der Waals surface area contributed by atoms with Crippen molar-refractivity contribution >= 4 is 11.6 Å². The quantitative estimate of drug-likeness (QED) is 0.878. The van der Waals surface area contributed by atoms with E-state index in [0.717, 1.165) is 31.1 Å². The van der Waals surface area contributed by atoms with Crippen molar-refractivity contribution in [2.45, 2.75) is 51.6 Å². The predicted octanol–water partition coefficient (Wildman–Crippen LogP) is 3.00. The van der Waals surface area contributed by atoms with Gasteiger partial charge in [0.05, 0.1) is 0 Å². The van der Waals surface area contributed by atoms with Gasteiger partial charge in [-0.3, -0.25) is 9.69 Å². The zero-order chi connectivity index (χ0) is 16.1. The number of amides is 1. The number of likely N-dealkylation sites (tertiary alicyclic amines) is 1. The van der Waals surface area contributed by atoms with Crippen LogP contribution >= 0.6 is 0 Å². The molecule has 1 unspecified atom stereocenters. The lowest BCUT2D eigenvalue weighted by Gasteiger charge is -2.30. The first-order valence-electron chi connectivity index (χ1n) is 9.03. The molecule has 2 aliphatic rings. The van der Waals surface area contributed by atoms with Gasteiger partial charge in [0, 0.05) is 24.7 Å². The second-order valence-electron chi connectivity index (χ2n) is 7.20. The maximum absolute atomic E-state index is 12.0. The summed E-state index contributed by atoms with van der Waals surface area (Å²) in [6, 6.07) is 8.70. The van der Waals surface area contributed by atoms with Gasteiger partial charge >= 0.3 is 0 Å². The number of piperidine rings is 1. The minimum absolute atomic E-state index is 0.113. The standard InChI is InChI=1S/C19H29N3O/c1-15-8-11-22(12-9-15)14-16-4-6-17(7-5-16)21-19(23)13-18-3-2-10-20-18/h4-7,15,18,20H,2-3,8-14H2,1H3,(H,21,23). The van der Waals surface area contributed by atoms with Crippen LogP contribution < -0.4 is 10.6 Å². The first kappa shape index (κ1) is 16.5. The summed E-state index contributed by atoms with van der Waals surface area (Å²) >= 11 is 0. The molecule has 2 saturated heterocycles. The molecule has 0 aromatic heterocycles. The fraction of sp³-hybridized carbons (Fsp3) is 0.632. The summed E-state index contributed by atoms with van der Waals surface area (Å²) in [6.45, 7) is 6.81. The average Bonchev–Trinajstić information content (AvgIpc) is 3.04. The van der Waals surface area contributed by atoms with Gasteiger partial charge in [0.15, 0.2) is 0 Å². The van der Waals surface area contributed by atoms with Crippen LogP contribution in [0.15, 0.2) is 24.3 Å². The maximum atomic E-state index is 12.0. The lowest BCUT2D eigenvalue weighted by Crippen LogP contribution is -2.32. The molecule has 23 heavy (non-hydrogen) atoms. The van der Waals surface area contributed by atoms with E-state index in [9.17, 15) is 4.79 Å². The highest BCUT2D eigenvalue weighted by atomic mass is 16.1. The van der Waals surface area contributed by atoms with Crippen molar-refractivity contribution in [1.29, 1.82) is 0 Å². The minimum atomic E-state index is 0.113. The lowest BCUT2D eigenvalue weighted by molar-refractivity contribution is -0.116. The fourth-order valence-electron chi connectivity index (χ4n) is 3.54. The molecule has 2 fully saturated rings. The van der Waals surface area contributed by atoms with Gasteiger partial charge < -0.3 is 10.6 Å². The number of benzene rings is 1. The Morgan fingerprint density at radius 3 is 2.61 bits per heavy atom. The van der Waals surface area contributed by atoms with Crippen molar-refractivity contribution in [3.8, 4) is 0 Å². The van der Waals surface area contributed by atoms with E-state index in [1.807, 2.05) is 12.1 Å². The maximum Gasteiger partial charge on any atom is 0.225 e. The van der Waals surface area contributed by atoms with Crippen LogP contribution in [0.5, 0.6) is 0 Å². The Bertz CT molecular complexity index is 500. The summed E-state index contributed by atoms with van der Waals surface area (Å²) in [6.07, 6.45) is 5.49. The zero-order valence-corrected chi connectivity index (χ0v) is 14.2. The molecule has 4 nitrogen and oxygen atoms in total. The van der Waals surface area contributed by atoms with Crippen molar-refractivity contribution in [1.82, 2.24) is 10.2 Å². The second-order valence-corrected chi connectivity index (χ2v) is 7.20. The van der Waals surface area contributed by atoms with E-state index in [-0.39, 0.29) is 5.91 Å².